The third-order valence-electron chi connectivity index (χ3n) is 1.02. The van der Waals surface area contributed by atoms with Crippen molar-refractivity contribution in [3.8, 4) is 0 Å². The maximum atomic E-state index is 12.1. The molecule has 0 N–H and O–H groups in total. The lowest BCUT2D eigenvalue weighted by Crippen LogP contribution is -2.39. The minimum Gasteiger partial charge on any atom is -0.461 e. The van der Waals surface area contributed by atoms with Crippen molar-refractivity contribution < 1.29 is 31.5 Å². The first-order valence-corrected chi connectivity index (χ1v) is 3.29. The van der Waals surface area contributed by atoms with Gasteiger partial charge < -0.3 is 4.74 Å². The van der Waals surface area contributed by atoms with Gasteiger partial charge in [0, 0.05) is 0 Å². The predicted molar refractivity (Wildman–Crippen MR) is 36.5 cm³/mol. The number of carbonyl (C=O) groups is 1. The zero-order chi connectivity index (χ0) is 11.4. The van der Waals surface area contributed by atoms with Crippen LogP contribution in [0.15, 0.2) is 12.7 Å². The number of hydrogen-bond acceptors (Lipinski definition) is 2. The molecule has 0 aromatic heterocycles. The molecule has 0 aromatic rings. The molecule has 0 atom stereocenters. The van der Waals surface area contributed by atoms with E-state index < -0.39 is 31.1 Å². The minimum atomic E-state index is -5.79. The molecule has 0 unspecified atom stereocenters. The van der Waals surface area contributed by atoms with E-state index in [-0.39, 0.29) is 0 Å². The summed E-state index contributed by atoms with van der Waals surface area (Å²) in [7, 11) is 0. The van der Waals surface area contributed by atoms with Crippen LogP contribution in [0.1, 0.15) is 0 Å². The highest BCUT2D eigenvalue weighted by Crippen LogP contribution is 2.37. The molecule has 0 heterocycles. The molecule has 0 rings (SSSR count). The van der Waals surface area contributed by atoms with Gasteiger partial charge in [-0.15, -0.1) is 0 Å². The first-order valence-electron chi connectivity index (χ1n) is 3.29. The molecule has 0 bridgehead atoms. The van der Waals surface area contributed by atoms with Gasteiger partial charge in [-0.2, -0.15) is 22.0 Å². The maximum absolute atomic E-state index is 12.1. The average Bonchev–Trinajstić information content (AvgIpc) is 1.97. The van der Waals surface area contributed by atoms with Gasteiger partial charge in [0.25, 0.3) is 0 Å². The largest absolute Gasteiger partial charge is 0.461 e. The van der Waals surface area contributed by atoms with Crippen LogP contribution in [0.2, 0.25) is 0 Å². The lowest BCUT2D eigenvalue weighted by molar-refractivity contribution is -0.267. The molecule has 0 aliphatic rings. The minimum absolute atomic E-state index is 0.427. The van der Waals surface area contributed by atoms with Crippen LogP contribution in [-0.4, -0.2) is 24.7 Å². The highest BCUT2D eigenvalue weighted by Gasteiger charge is 2.59. The molecule has 0 aromatic carbocycles. The molecule has 0 spiro atoms. The van der Waals surface area contributed by atoms with Crippen molar-refractivity contribution in [2.24, 2.45) is 0 Å². The molecule has 7 heteroatoms. The Hall–Kier alpha value is -1.14. The second-order valence-corrected chi connectivity index (χ2v) is 2.18. The van der Waals surface area contributed by atoms with E-state index in [0.29, 0.717) is 0 Å². The van der Waals surface area contributed by atoms with Gasteiger partial charge in [0.2, 0.25) is 0 Å². The maximum Gasteiger partial charge on any atom is 0.454 e. The van der Waals surface area contributed by atoms with Gasteiger partial charge in [-0.05, 0) is 0 Å². The van der Waals surface area contributed by atoms with Crippen LogP contribution in [0.4, 0.5) is 22.0 Å². The zero-order valence-corrected chi connectivity index (χ0v) is 6.78. The summed E-state index contributed by atoms with van der Waals surface area (Å²) in [5.74, 6) is -6.92. The van der Waals surface area contributed by atoms with Crippen molar-refractivity contribution in [1.29, 1.82) is 0 Å². The summed E-state index contributed by atoms with van der Waals surface area (Å²) in [6, 6.07) is 0. The Morgan fingerprint density at radius 1 is 1.29 bits per heavy atom. The highest BCUT2D eigenvalue weighted by molar-refractivity contribution is 5.80. The van der Waals surface area contributed by atoms with Gasteiger partial charge in [-0.3, -0.25) is 4.79 Å². The summed E-state index contributed by atoms with van der Waals surface area (Å²) < 4.78 is 62.7. The van der Waals surface area contributed by atoms with Gasteiger partial charge in [0.05, 0.1) is 0 Å². The van der Waals surface area contributed by atoms with E-state index in [1.807, 2.05) is 0 Å². The zero-order valence-electron chi connectivity index (χ0n) is 6.78. The second kappa shape index (κ2) is 4.39. The topological polar surface area (TPSA) is 26.3 Å². The Balaban J connectivity index is 4.22. The fourth-order valence-electron chi connectivity index (χ4n) is 0.413. The molecule has 1 radical (unpaired) electrons. The van der Waals surface area contributed by atoms with E-state index in [1.54, 1.807) is 0 Å². The fourth-order valence-corrected chi connectivity index (χ4v) is 0.413. The third kappa shape index (κ3) is 3.71. The van der Waals surface area contributed by atoms with Crippen LogP contribution in [0, 0.1) is 6.42 Å². The molecule has 81 valence electrons. The monoisotopic (exact) mass is 217 g/mol. The Labute approximate surface area is 76.3 Å². The first kappa shape index (κ1) is 12.9. The van der Waals surface area contributed by atoms with Crippen molar-refractivity contribution in [2.75, 3.05) is 6.61 Å². The number of rotatable bonds is 4. The van der Waals surface area contributed by atoms with Crippen LogP contribution in [-0.2, 0) is 9.53 Å². The van der Waals surface area contributed by atoms with E-state index in [0.717, 1.165) is 6.08 Å². The Morgan fingerprint density at radius 3 is 2.14 bits per heavy atom. The number of esters is 1. The molecule has 2 nitrogen and oxygen atoms in total. The van der Waals surface area contributed by atoms with E-state index in [1.165, 1.54) is 0 Å². The number of hydrogen-bond donors (Lipinski definition) is 0. The van der Waals surface area contributed by atoms with Crippen LogP contribution >= 0.6 is 0 Å². The molecule has 0 aliphatic heterocycles. The van der Waals surface area contributed by atoms with Crippen LogP contribution in [0.25, 0.3) is 0 Å². The van der Waals surface area contributed by atoms with Gasteiger partial charge in [0.15, 0.2) is 0 Å². The van der Waals surface area contributed by atoms with Crippen molar-refractivity contribution in [3.05, 3.63) is 19.1 Å². The highest BCUT2D eigenvalue weighted by atomic mass is 19.4. The number of halogens is 5. The van der Waals surface area contributed by atoms with Gasteiger partial charge >= 0.3 is 18.1 Å². The summed E-state index contributed by atoms with van der Waals surface area (Å²) in [6.07, 6.45) is -5.58. The first-order chi connectivity index (χ1) is 6.20. The summed E-state index contributed by atoms with van der Waals surface area (Å²) >= 11 is 0. The van der Waals surface area contributed by atoms with Gasteiger partial charge in [-0.1, -0.05) is 12.7 Å². The molecular weight excluding hydrogens is 211 g/mol. The number of carbonyl (C=O) groups excluding carboxylic acids is 1. The molecule has 0 amide bonds. The number of ether oxygens (including phenoxy) is 1. The van der Waals surface area contributed by atoms with E-state index in [4.69, 9.17) is 0 Å². The third-order valence-corrected chi connectivity index (χ3v) is 1.02. The molecular formula is C7H6F5O2. The SMILES string of the molecule is C=CCOC(=O)[CH]C(F)(F)C(F)(F)F. The predicted octanol–water partition coefficient (Wildman–Crippen LogP) is 2.12. The van der Waals surface area contributed by atoms with Crippen LogP contribution in [0.5, 0.6) is 0 Å². The molecule has 0 fully saturated rings. The summed E-state index contributed by atoms with van der Waals surface area (Å²) in [5.41, 5.74) is 0. The van der Waals surface area contributed by atoms with Crippen LogP contribution in [0.3, 0.4) is 0 Å². The molecule has 0 saturated carbocycles. The normalized spacial score (nSPS) is 12.4. The van der Waals surface area contributed by atoms with Gasteiger partial charge in [-0.25, -0.2) is 0 Å². The van der Waals surface area contributed by atoms with Crippen molar-refractivity contribution in [3.63, 3.8) is 0 Å². The van der Waals surface area contributed by atoms with E-state index in [2.05, 4.69) is 11.3 Å². The fraction of sp³-hybridized carbons (Fsp3) is 0.429. The summed E-state index contributed by atoms with van der Waals surface area (Å²) in [6.45, 7) is 2.65. The quantitative estimate of drug-likeness (QED) is 0.409. The molecule has 14 heavy (non-hydrogen) atoms. The molecule has 0 aliphatic carbocycles. The average molecular weight is 217 g/mol. The Bertz CT molecular complexity index is 221. The van der Waals surface area contributed by atoms with E-state index >= 15 is 0 Å². The summed E-state index contributed by atoms with van der Waals surface area (Å²) in [4.78, 5) is 10.4. The standard InChI is InChI=1S/C7H6F5O2/c1-2-3-14-5(13)4-6(8,9)7(10,11)12/h2,4H,1,3H2. The summed E-state index contributed by atoms with van der Waals surface area (Å²) in [5, 5.41) is 0. The van der Waals surface area contributed by atoms with Gasteiger partial charge in [0.1, 0.15) is 13.0 Å². The Kier molecular flexibility index (Phi) is 4.03. The van der Waals surface area contributed by atoms with Crippen molar-refractivity contribution in [1.82, 2.24) is 0 Å². The Morgan fingerprint density at radius 2 is 1.79 bits per heavy atom. The second-order valence-electron chi connectivity index (χ2n) is 2.18. The smallest absolute Gasteiger partial charge is 0.454 e. The van der Waals surface area contributed by atoms with Crippen LogP contribution < -0.4 is 0 Å². The number of alkyl halides is 5. The molecule has 0 saturated heterocycles. The van der Waals surface area contributed by atoms with Crippen molar-refractivity contribution >= 4 is 5.97 Å². The van der Waals surface area contributed by atoms with Crippen molar-refractivity contribution in [2.45, 2.75) is 12.1 Å². The van der Waals surface area contributed by atoms with E-state index in [9.17, 15) is 26.7 Å². The lowest BCUT2D eigenvalue weighted by Gasteiger charge is -2.17. The lowest BCUT2D eigenvalue weighted by atomic mass is 10.2.